The summed E-state index contributed by atoms with van der Waals surface area (Å²) in [7, 11) is 1.54. The number of hydrogen-bond acceptors (Lipinski definition) is 5. The predicted octanol–water partition coefficient (Wildman–Crippen LogP) is 2.88. The zero-order valence-corrected chi connectivity index (χ0v) is 14.6. The van der Waals surface area contributed by atoms with E-state index in [1.807, 2.05) is 24.3 Å². The van der Waals surface area contributed by atoms with Crippen molar-refractivity contribution in [3.63, 3.8) is 0 Å². The molecule has 1 amide bonds. The van der Waals surface area contributed by atoms with E-state index < -0.39 is 0 Å². The van der Waals surface area contributed by atoms with Crippen LogP contribution in [0.3, 0.4) is 0 Å². The van der Waals surface area contributed by atoms with Crippen LogP contribution in [-0.2, 0) is 11.2 Å². The zero-order valence-electron chi connectivity index (χ0n) is 14.6. The van der Waals surface area contributed by atoms with Crippen LogP contribution in [-0.4, -0.2) is 30.4 Å². The molecular formula is C19H22N2O4. The van der Waals surface area contributed by atoms with Crippen molar-refractivity contribution < 1.29 is 19.4 Å². The molecule has 25 heavy (non-hydrogen) atoms. The van der Waals surface area contributed by atoms with Crippen LogP contribution in [0.15, 0.2) is 47.6 Å². The second-order valence-corrected chi connectivity index (χ2v) is 5.40. The number of aryl methyl sites for hydroxylation is 1. The number of rotatable bonds is 7. The van der Waals surface area contributed by atoms with Gasteiger partial charge >= 0.3 is 0 Å². The number of ether oxygens (including phenoxy) is 2. The highest BCUT2D eigenvalue weighted by Gasteiger charge is 2.08. The van der Waals surface area contributed by atoms with Crippen molar-refractivity contribution in [2.75, 3.05) is 13.7 Å². The van der Waals surface area contributed by atoms with E-state index in [4.69, 9.17) is 9.47 Å². The molecule has 0 saturated carbocycles. The Hall–Kier alpha value is -3.02. The maximum absolute atomic E-state index is 11.9. The second-order valence-electron chi connectivity index (χ2n) is 5.40. The minimum atomic E-state index is -0.388. The summed E-state index contributed by atoms with van der Waals surface area (Å²) in [5.74, 6) is 0.885. The number of carbonyl (C=O) groups excluding carboxylic acids is 1. The van der Waals surface area contributed by atoms with Gasteiger partial charge < -0.3 is 14.6 Å². The number of hydrogen-bond donors (Lipinski definition) is 2. The van der Waals surface area contributed by atoms with E-state index in [1.165, 1.54) is 18.7 Å². The molecule has 132 valence electrons. The number of nitrogens with zero attached hydrogens (tertiary/aromatic N) is 1. The topological polar surface area (TPSA) is 80.2 Å². The average Bonchev–Trinajstić information content (AvgIpc) is 2.65. The van der Waals surface area contributed by atoms with Crippen molar-refractivity contribution >= 4 is 11.6 Å². The number of benzene rings is 2. The summed E-state index contributed by atoms with van der Waals surface area (Å²) in [5, 5.41) is 13.9. The summed E-state index contributed by atoms with van der Waals surface area (Å²) in [4.78, 5) is 11.9. The molecule has 0 heterocycles. The van der Waals surface area contributed by atoms with Crippen LogP contribution in [0, 0.1) is 0 Å². The van der Waals surface area contributed by atoms with Crippen LogP contribution in [0.25, 0.3) is 0 Å². The van der Waals surface area contributed by atoms with Crippen molar-refractivity contribution in [2.45, 2.75) is 20.3 Å². The molecule has 0 aromatic heterocycles. The maximum atomic E-state index is 11.9. The van der Waals surface area contributed by atoms with Gasteiger partial charge in [-0.2, -0.15) is 5.10 Å². The Balaban J connectivity index is 1.92. The lowest BCUT2D eigenvalue weighted by Gasteiger charge is -2.08. The third-order valence-corrected chi connectivity index (χ3v) is 3.64. The van der Waals surface area contributed by atoms with Crippen molar-refractivity contribution in [1.82, 2.24) is 5.43 Å². The molecular weight excluding hydrogens is 320 g/mol. The fourth-order valence-electron chi connectivity index (χ4n) is 2.14. The van der Waals surface area contributed by atoms with Gasteiger partial charge in [0, 0.05) is 5.56 Å². The van der Waals surface area contributed by atoms with E-state index in [-0.39, 0.29) is 18.3 Å². The Bertz CT molecular complexity index is 755. The average molecular weight is 342 g/mol. The van der Waals surface area contributed by atoms with Crippen LogP contribution in [0.1, 0.15) is 25.0 Å². The van der Waals surface area contributed by atoms with Crippen LogP contribution in [0.5, 0.6) is 17.2 Å². The number of amides is 1. The number of carbonyl (C=O) groups is 1. The summed E-state index contributed by atoms with van der Waals surface area (Å²) < 4.78 is 10.5. The molecule has 0 radical (unpaired) electrons. The molecule has 0 spiro atoms. The van der Waals surface area contributed by atoms with Gasteiger partial charge in [-0.3, -0.25) is 4.79 Å². The first-order valence-electron chi connectivity index (χ1n) is 7.95. The number of aromatic hydroxyl groups is 1. The molecule has 2 aromatic carbocycles. The minimum Gasteiger partial charge on any atom is -0.507 e. The van der Waals surface area contributed by atoms with Crippen LogP contribution in [0.4, 0.5) is 0 Å². The molecule has 0 fully saturated rings. The van der Waals surface area contributed by atoms with Crippen molar-refractivity contribution in [2.24, 2.45) is 5.10 Å². The Labute approximate surface area is 147 Å². The van der Waals surface area contributed by atoms with Gasteiger partial charge in [0.1, 0.15) is 17.2 Å². The molecule has 2 rings (SSSR count). The van der Waals surface area contributed by atoms with E-state index in [2.05, 4.69) is 17.5 Å². The third-order valence-electron chi connectivity index (χ3n) is 3.64. The first kappa shape index (κ1) is 18.3. The molecule has 0 atom stereocenters. The largest absolute Gasteiger partial charge is 0.507 e. The molecule has 0 aliphatic carbocycles. The molecule has 0 unspecified atom stereocenters. The Morgan fingerprint density at radius 1 is 1.16 bits per heavy atom. The van der Waals surface area contributed by atoms with Gasteiger partial charge in [0.15, 0.2) is 6.61 Å². The lowest BCUT2D eigenvalue weighted by molar-refractivity contribution is -0.123. The van der Waals surface area contributed by atoms with E-state index in [0.717, 1.165) is 6.42 Å². The second kappa shape index (κ2) is 8.73. The van der Waals surface area contributed by atoms with Gasteiger partial charge in [0.25, 0.3) is 5.91 Å². The molecule has 6 nitrogen and oxygen atoms in total. The fourth-order valence-corrected chi connectivity index (χ4v) is 2.14. The molecule has 2 N–H and O–H groups in total. The summed E-state index contributed by atoms with van der Waals surface area (Å²) in [6, 6.07) is 12.4. The Kier molecular flexibility index (Phi) is 6.39. The highest BCUT2D eigenvalue weighted by Crippen LogP contribution is 2.23. The van der Waals surface area contributed by atoms with Gasteiger partial charge in [0.2, 0.25) is 0 Å². The summed E-state index contributed by atoms with van der Waals surface area (Å²) in [6.07, 6.45) is 0.950. The summed E-state index contributed by atoms with van der Waals surface area (Å²) in [6.45, 7) is 3.61. The highest BCUT2D eigenvalue weighted by atomic mass is 16.5. The zero-order chi connectivity index (χ0) is 18.2. The molecule has 0 aliphatic rings. The van der Waals surface area contributed by atoms with E-state index in [1.54, 1.807) is 19.1 Å². The standard InChI is InChI=1S/C19H22N2O4/c1-4-14-5-7-15(8-6-14)25-12-19(23)21-20-13(2)17-11-16(24-3)9-10-18(17)22/h5-11,22H,4,12H2,1-3H3,(H,21,23)/b20-13+. The smallest absolute Gasteiger partial charge is 0.277 e. The summed E-state index contributed by atoms with van der Waals surface area (Å²) in [5.41, 5.74) is 4.55. The molecule has 0 bridgehead atoms. The number of nitrogens with one attached hydrogen (secondary N) is 1. The lowest BCUT2D eigenvalue weighted by Crippen LogP contribution is -2.25. The minimum absolute atomic E-state index is 0.0589. The quantitative estimate of drug-likeness (QED) is 0.599. The Morgan fingerprint density at radius 3 is 2.48 bits per heavy atom. The van der Waals surface area contributed by atoms with E-state index in [0.29, 0.717) is 22.8 Å². The maximum Gasteiger partial charge on any atom is 0.277 e. The van der Waals surface area contributed by atoms with Gasteiger partial charge in [-0.25, -0.2) is 5.43 Å². The fraction of sp³-hybridized carbons (Fsp3) is 0.263. The molecule has 2 aromatic rings. The number of hydrazone groups is 1. The molecule has 0 aliphatic heterocycles. The van der Waals surface area contributed by atoms with Crippen LogP contribution >= 0.6 is 0 Å². The van der Waals surface area contributed by atoms with Crippen LogP contribution in [0.2, 0.25) is 0 Å². The Morgan fingerprint density at radius 2 is 1.84 bits per heavy atom. The van der Waals surface area contributed by atoms with Crippen molar-refractivity contribution in [3.8, 4) is 17.2 Å². The molecule has 6 heteroatoms. The van der Waals surface area contributed by atoms with Crippen molar-refractivity contribution in [3.05, 3.63) is 53.6 Å². The van der Waals surface area contributed by atoms with E-state index >= 15 is 0 Å². The van der Waals surface area contributed by atoms with Gasteiger partial charge in [-0.1, -0.05) is 19.1 Å². The van der Waals surface area contributed by atoms with Crippen LogP contribution < -0.4 is 14.9 Å². The number of methoxy groups -OCH3 is 1. The summed E-state index contributed by atoms with van der Waals surface area (Å²) >= 11 is 0. The third kappa shape index (κ3) is 5.24. The van der Waals surface area contributed by atoms with E-state index in [9.17, 15) is 9.90 Å². The van der Waals surface area contributed by atoms with Gasteiger partial charge in [0.05, 0.1) is 12.8 Å². The van der Waals surface area contributed by atoms with Gasteiger partial charge in [-0.05, 0) is 49.2 Å². The number of phenols is 1. The van der Waals surface area contributed by atoms with Gasteiger partial charge in [-0.15, -0.1) is 0 Å². The highest BCUT2D eigenvalue weighted by molar-refractivity contribution is 6.01. The first-order chi connectivity index (χ1) is 12.0. The SMILES string of the molecule is CCc1ccc(OCC(=O)N/N=C(\C)c2cc(OC)ccc2O)cc1. The lowest BCUT2D eigenvalue weighted by atomic mass is 10.1. The predicted molar refractivity (Wildman–Crippen MR) is 96.3 cm³/mol. The van der Waals surface area contributed by atoms with Crippen molar-refractivity contribution in [1.29, 1.82) is 0 Å². The molecule has 0 saturated heterocycles. The first-order valence-corrected chi connectivity index (χ1v) is 7.95. The normalized spacial score (nSPS) is 11.1. The number of phenolic OH excluding ortho intramolecular Hbond substituents is 1. The monoisotopic (exact) mass is 342 g/mol.